The van der Waals surface area contributed by atoms with E-state index >= 15 is 0 Å². The summed E-state index contributed by atoms with van der Waals surface area (Å²) in [6.07, 6.45) is 1.95. The second-order valence-corrected chi connectivity index (χ2v) is 6.12. The van der Waals surface area contributed by atoms with Crippen molar-refractivity contribution in [1.82, 2.24) is 10.2 Å². The first kappa shape index (κ1) is 17.5. The Bertz CT molecular complexity index is 507. The molecule has 2 unspecified atom stereocenters. The highest BCUT2D eigenvalue weighted by Crippen LogP contribution is 2.29. The van der Waals surface area contributed by atoms with Gasteiger partial charge in [0.25, 0.3) is 0 Å². The van der Waals surface area contributed by atoms with Gasteiger partial charge in [0, 0.05) is 23.7 Å². The molecule has 3 rings (SSSR count). The van der Waals surface area contributed by atoms with Crippen LogP contribution in [0.15, 0.2) is 24.3 Å². The van der Waals surface area contributed by atoms with Gasteiger partial charge in [-0.2, -0.15) is 0 Å². The number of hydrogen-bond acceptors (Lipinski definition) is 3. The average Bonchev–Trinajstić information content (AvgIpc) is 2.55. The zero-order valence-electron chi connectivity index (χ0n) is 12.5. The molecule has 0 spiro atoms. The molecule has 6 heteroatoms. The Labute approximate surface area is 142 Å². The first-order valence-electron chi connectivity index (χ1n) is 7.61. The van der Waals surface area contributed by atoms with Crippen LogP contribution in [-0.2, 0) is 9.53 Å². The topological polar surface area (TPSA) is 41.6 Å². The summed E-state index contributed by atoms with van der Waals surface area (Å²) in [7, 11) is 0. The largest absolute Gasteiger partial charge is 0.370 e. The molecule has 1 N–H and O–H groups in total. The fourth-order valence-electron chi connectivity index (χ4n) is 3.09. The van der Waals surface area contributed by atoms with Crippen molar-refractivity contribution in [2.24, 2.45) is 5.92 Å². The SMILES string of the molecule is Cl.O=C(C1CCCNC1)N1CCOC(c2ccccc2Cl)C1. The smallest absolute Gasteiger partial charge is 0.227 e. The van der Waals surface area contributed by atoms with E-state index < -0.39 is 0 Å². The zero-order chi connectivity index (χ0) is 14.7. The number of piperidine rings is 1. The van der Waals surface area contributed by atoms with Crippen molar-refractivity contribution in [3.63, 3.8) is 0 Å². The molecule has 2 saturated heterocycles. The Hall–Kier alpha value is -0.810. The van der Waals surface area contributed by atoms with Gasteiger partial charge >= 0.3 is 0 Å². The lowest BCUT2D eigenvalue weighted by Crippen LogP contribution is -2.48. The lowest BCUT2D eigenvalue weighted by atomic mass is 9.97. The Morgan fingerprint density at radius 3 is 2.91 bits per heavy atom. The summed E-state index contributed by atoms with van der Waals surface area (Å²) < 4.78 is 5.82. The summed E-state index contributed by atoms with van der Waals surface area (Å²) >= 11 is 6.24. The third-order valence-corrected chi connectivity index (χ3v) is 4.62. The van der Waals surface area contributed by atoms with Crippen LogP contribution in [0.1, 0.15) is 24.5 Å². The molecular formula is C16H22Cl2N2O2. The second kappa shape index (κ2) is 8.16. The molecule has 1 aromatic rings. The molecule has 2 heterocycles. The predicted molar refractivity (Wildman–Crippen MR) is 89.6 cm³/mol. The lowest BCUT2D eigenvalue weighted by molar-refractivity contribution is -0.143. The van der Waals surface area contributed by atoms with Crippen LogP contribution < -0.4 is 5.32 Å². The molecular weight excluding hydrogens is 323 g/mol. The van der Waals surface area contributed by atoms with E-state index in [1.54, 1.807) is 0 Å². The number of morpholine rings is 1. The van der Waals surface area contributed by atoms with Crippen molar-refractivity contribution in [2.45, 2.75) is 18.9 Å². The number of rotatable bonds is 2. The van der Waals surface area contributed by atoms with Crippen LogP contribution in [0.4, 0.5) is 0 Å². The molecule has 2 aliphatic rings. The average molecular weight is 345 g/mol. The summed E-state index contributed by atoms with van der Waals surface area (Å²) in [6.45, 7) is 3.67. The summed E-state index contributed by atoms with van der Waals surface area (Å²) in [4.78, 5) is 14.6. The van der Waals surface area contributed by atoms with Gasteiger partial charge < -0.3 is 15.0 Å². The van der Waals surface area contributed by atoms with E-state index in [0.717, 1.165) is 31.5 Å². The second-order valence-electron chi connectivity index (χ2n) is 5.71. The van der Waals surface area contributed by atoms with Gasteiger partial charge in [-0.1, -0.05) is 29.8 Å². The Balaban J connectivity index is 0.00000176. The third kappa shape index (κ3) is 3.93. The molecule has 1 aromatic carbocycles. The van der Waals surface area contributed by atoms with Gasteiger partial charge in [-0.05, 0) is 25.5 Å². The number of carbonyl (C=O) groups excluding carboxylic acids is 1. The summed E-state index contributed by atoms with van der Waals surface area (Å²) in [5, 5.41) is 4.01. The summed E-state index contributed by atoms with van der Waals surface area (Å²) in [6, 6.07) is 7.71. The van der Waals surface area contributed by atoms with Crippen molar-refractivity contribution in [3.05, 3.63) is 34.9 Å². The standard InChI is InChI=1S/C16H21ClN2O2.ClH/c17-14-6-2-1-5-13(14)15-11-19(8-9-21-15)16(20)12-4-3-7-18-10-12;/h1-2,5-6,12,15,18H,3-4,7-11H2;1H. The quantitative estimate of drug-likeness (QED) is 0.896. The maximum Gasteiger partial charge on any atom is 0.227 e. The molecule has 0 bridgehead atoms. The molecule has 0 aromatic heterocycles. The van der Waals surface area contributed by atoms with Crippen LogP contribution in [-0.4, -0.2) is 43.6 Å². The van der Waals surface area contributed by atoms with Crippen molar-refractivity contribution in [1.29, 1.82) is 0 Å². The van der Waals surface area contributed by atoms with Crippen LogP contribution in [0.25, 0.3) is 0 Å². The van der Waals surface area contributed by atoms with Crippen LogP contribution in [0.2, 0.25) is 5.02 Å². The Kier molecular flexibility index (Phi) is 6.50. The van der Waals surface area contributed by atoms with Gasteiger partial charge in [0.15, 0.2) is 0 Å². The maximum atomic E-state index is 12.6. The van der Waals surface area contributed by atoms with E-state index in [1.165, 1.54) is 0 Å². The fraction of sp³-hybridized carbons (Fsp3) is 0.562. The normalized spacial score (nSPS) is 25.4. The number of benzene rings is 1. The van der Waals surface area contributed by atoms with Crippen LogP contribution in [0.5, 0.6) is 0 Å². The van der Waals surface area contributed by atoms with E-state index in [4.69, 9.17) is 16.3 Å². The van der Waals surface area contributed by atoms with Crippen LogP contribution in [0.3, 0.4) is 0 Å². The highest BCUT2D eigenvalue weighted by atomic mass is 35.5. The predicted octanol–water partition coefficient (Wildman–Crippen LogP) is 2.66. The van der Waals surface area contributed by atoms with Gasteiger partial charge in [0.1, 0.15) is 6.10 Å². The molecule has 1 amide bonds. The van der Waals surface area contributed by atoms with Crippen molar-refractivity contribution in [3.8, 4) is 0 Å². The number of nitrogens with zero attached hydrogens (tertiary/aromatic N) is 1. The fourth-order valence-corrected chi connectivity index (χ4v) is 3.35. The highest BCUT2D eigenvalue weighted by Gasteiger charge is 2.31. The van der Waals surface area contributed by atoms with E-state index in [1.807, 2.05) is 29.2 Å². The molecule has 22 heavy (non-hydrogen) atoms. The molecule has 0 aliphatic carbocycles. The van der Waals surface area contributed by atoms with Gasteiger partial charge in [0.2, 0.25) is 5.91 Å². The number of hydrogen-bond donors (Lipinski definition) is 1. The maximum absolute atomic E-state index is 12.6. The first-order chi connectivity index (χ1) is 10.3. The number of nitrogens with one attached hydrogen (secondary N) is 1. The van der Waals surface area contributed by atoms with E-state index in [0.29, 0.717) is 24.7 Å². The van der Waals surface area contributed by atoms with Crippen LogP contribution in [0, 0.1) is 5.92 Å². The van der Waals surface area contributed by atoms with Crippen molar-refractivity contribution in [2.75, 3.05) is 32.8 Å². The molecule has 0 radical (unpaired) electrons. The zero-order valence-corrected chi connectivity index (χ0v) is 14.0. The highest BCUT2D eigenvalue weighted by molar-refractivity contribution is 6.31. The number of ether oxygens (including phenoxy) is 1. The summed E-state index contributed by atoms with van der Waals surface area (Å²) in [5.41, 5.74) is 0.971. The van der Waals surface area contributed by atoms with E-state index in [2.05, 4.69) is 5.32 Å². The molecule has 0 saturated carbocycles. The van der Waals surface area contributed by atoms with Crippen molar-refractivity contribution < 1.29 is 9.53 Å². The summed E-state index contributed by atoms with van der Waals surface area (Å²) in [5.74, 6) is 0.367. The minimum absolute atomic E-state index is 0. The number of halogens is 2. The lowest BCUT2D eigenvalue weighted by Gasteiger charge is -2.36. The van der Waals surface area contributed by atoms with E-state index in [-0.39, 0.29) is 30.3 Å². The van der Waals surface area contributed by atoms with Crippen LogP contribution >= 0.6 is 24.0 Å². The Morgan fingerprint density at radius 2 is 2.18 bits per heavy atom. The number of amides is 1. The third-order valence-electron chi connectivity index (χ3n) is 4.28. The molecule has 2 aliphatic heterocycles. The molecule has 2 fully saturated rings. The van der Waals surface area contributed by atoms with Gasteiger partial charge in [0.05, 0.1) is 19.1 Å². The monoisotopic (exact) mass is 344 g/mol. The molecule has 4 nitrogen and oxygen atoms in total. The van der Waals surface area contributed by atoms with Gasteiger partial charge in [-0.25, -0.2) is 0 Å². The minimum atomic E-state index is -0.118. The molecule has 2 atom stereocenters. The number of carbonyl (C=O) groups is 1. The van der Waals surface area contributed by atoms with Gasteiger partial charge in [-0.15, -0.1) is 12.4 Å². The van der Waals surface area contributed by atoms with Crippen molar-refractivity contribution >= 4 is 29.9 Å². The Morgan fingerprint density at radius 1 is 1.36 bits per heavy atom. The molecule has 122 valence electrons. The first-order valence-corrected chi connectivity index (χ1v) is 7.99. The van der Waals surface area contributed by atoms with E-state index in [9.17, 15) is 4.79 Å². The van der Waals surface area contributed by atoms with Gasteiger partial charge in [-0.3, -0.25) is 4.79 Å². The minimum Gasteiger partial charge on any atom is -0.370 e.